The van der Waals surface area contributed by atoms with E-state index in [-0.39, 0.29) is 11.1 Å². The lowest BCUT2D eigenvalue weighted by Crippen LogP contribution is -2.30. The molecule has 1 aromatic rings. The van der Waals surface area contributed by atoms with Crippen molar-refractivity contribution in [2.24, 2.45) is 17.8 Å². The Kier molecular flexibility index (Phi) is 7.46. The molecular weight excluding hydrogens is 358 g/mol. The zero-order valence-corrected chi connectivity index (χ0v) is 20.0. The normalized spacial score (nSPS) is 26.2. The van der Waals surface area contributed by atoms with E-state index in [4.69, 9.17) is 4.74 Å². The van der Waals surface area contributed by atoms with Crippen LogP contribution < -0.4 is 0 Å². The van der Waals surface area contributed by atoms with Crippen molar-refractivity contribution in [1.82, 2.24) is 15.0 Å². The molecule has 4 heteroatoms. The van der Waals surface area contributed by atoms with Gasteiger partial charge in [-0.2, -0.15) is 0 Å². The molecule has 0 radical (unpaired) electrons. The molecule has 166 valence electrons. The van der Waals surface area contributed by atoms with Crippen molar-refractivity contribution in [3.05, 3.63) is 11.4 Å². The fourth-order valence-electron chi connectivity index (χ4n) is 5.57. The molecule has 0 saturated heterocycles. The van der Waals surface area contributed by atoms with Crippen LogP contribution in [0.15, 0.2) is 0 Å². The van der Waals surface area contributed by atoms with E-state index in [2.05, 4.69) is 56.5 Å². The molecule has 2 aliphatic carbocycles. The molecule has 4 atom stereocenters. The Hall–Kier alpha value is -0.900. The molecule has 0 bridgehead atoms. The van der Waals surface area contributed by atoms with Crippen LogP contribution >= 0.6 is 0 Å². The van der Waals surface area contributed by atoms with Crippen LogP contribution in [0.2, 0.25) is 0 Å². The Morgan fingerprint density at radius 1 is 0.931 bits per heavy atom. The minimum absolute atomic E-state index is 0.0188. The number of aromatic nitrogens is 3. The molecule has 3 rings (SSSR count). The van der Waals surface area contributed by atoms with Crippen LogP contribution in [0.5, 0.6) is 0 Å². The topological polar surface area (TPSA) is 39.9 Å². The first-order chi connectivity index (χ1) is 13.8. The van der Waals surface area contributed by atoms with Gasteiger partial charge in [-0.25, -0.2) is 4.68 Å². The van der Waals surface area contributed by atoms with Gasteiger partial charge in [0, 0.05) is 0 Å². The molecule has 0 amide bonds. The van der Waals surface area contributed by atoms with Gasteiger partial charge in [-0.05, 0) is 84.0 Å². The smallest absolute Gasteiger partial charge is 0.0859 e. The molecule has 1 heterocycles. The third-order valence-electron chi connectivity index (χ3n) is 7.38. The van der Waals surface area contributed by atoms with Crippen molar-refractivity contribution in [2.45, 2.75) is 123 Å². The van der Waals surface area contributed by atoms with Gasteiger partial charge in [-0.1, -0.05) is 51.2 Å². The van der Waals surface area contributed by atoms with Crippen LogP contribution in [0.25, 0.3) is 0 Å². The molecule has 0 aliphatic heterocycles. The highest BCUT2D eigenvalue weighted by Gasteiger charge is 2.50. The summed E-state index contributed by atoms with van der Waals surface area (Å²) < 4.78 is 8.82. The Morgan fingerprint density at radius 3 is 2.31 bits per heavy atom. The molecule has 1 fully saturated rings. The van der Waals surface area contributed by atoms with Gasteiger partial charge in [0.25, 0.3) is 0 Å². The van der Waals surface area contributed by atoms with Gasteiger partial charge in [0.05, 0.1) is 29.1 Å². The lowest BCUT2D eigenvalue weighted by molar-refractivity contribution is -0.0531. The summed E-state index contributed by atoms with van der Waals surface area (Å²) in [6, 6.07) is 0. The number of hydrogen-bond donors (Lipinski definition) is 0. The van der Waals surface area contributed by atoms with E-state index in [0.717, 1.165) is 37.2 Å². The highest BCUT2D eigenvalue weighted by molar-refractivity contribution is 5.16. The standard InChI is InChI=1S/C25H45N3O/c1-7-9-10-11-17-25(6,16-8-2)29-18-21-19-12-14-22-23(15-13-20(19)21)28(27-26-22)24(3,4)5/h19-21H,7-18H2,1-6H3/t19-,20+,21-,25?/m0/s1. The number of hydrogen-bond acceptors (Lipinski definition) is 3. The fourth-order valence-corrected chi connectivity index (χ4v) is 5.57. The van der Waals surface area contributed by atoms with Gasteiger partial charge in [0.15, 0.2) is 0 Å². The summed E-state index contributed by atoms with van der Waals surface area (Å²) in [6.07, 6.45) is 13.7. The van der Waals surface area contributed by atoms with Gasteiger partial charge in [-0.3, -0.25) is 0 Å². The molecule has 1 aromatic heterocycles. The zero-order chi connectivity index (χ0) is 21.1. The molecule has 0 aromatic carbocycles. The van der Waals surface area contributed by atoms with Crippen LogP contribution in [0.3, 0.4) is 0 Å². The van der Waals surface area contributed by atoms with E-state index in [1.165, 1.54) is 69.2 Å². The molecule has 1 saturated carbocycles. The summed E-state index contributed by atoms with van der Waals surface area (Å²) in [5.41, 5.74) is 2.73. The largest absolute Gasteiger partial charge is 0.375 e. The molecule has 4 nitrogen and oxygen atoms in total. The molecular formula is C25H45N3O. The van der Waals surface area contributed by atoms with Gasteiger partial charge in [0.1, 0.15) is 0 Å². The predicted molar refractivity (Wildman–Crippen MR) is 120 cm³/mol. The number of rotatable bonds is 10. The fraction of sp³-hybridized carbons (Fsp3) is 0.920. The van der Waals surface area contributed by atoms with E-state index in [1.54, 1.807) is 0 Å². The maximum atomic E-state index is 6.65. The van der Waals surface area contributed by atoms with Crippen molar-refractivity contribution < 1.29 is 4.74 Å². The first-order valence-electron chi connectivity index (χ1n) is 12.4. The maximum absolute atomic E-state index is 6.65. The first kappa shape index (κ1) is 22.8. The van der Waals surface area contributed by atoms with Crippen molar-refractivity contribution >= 4 is 0 Å². The molecule has 2 aliphatic rings. The summed E-state index contributed by atoms with van der Waals surface area (Å²) >= 11 is 0. The molecule has 1 unspecified atom stereocenters. The Bertz CT molecular complexity index is 647. The summed E-state index contributed by atoms with van der Waals surface area (Å²) in [6.45, 7) is 14.6. The Balaban J connectivity index is 1.54. The average Bonchev–Trinajstić information content (AvgIpc) is 3.12. The Morgan fingerprint density at radius 2 is 1.66 bits per heavy atom. The number of ether oxygens (including phenoxy) is 1. The van der Waals surface area contributed by atoms with Gasteiger partial charge < -0.3 is 4.74 Å². The number of fused-ring (bicyclic) bond motifs is 2. The van der Waals surface area contributed by atoms with Gasteiger partial charge >= 0.3 is 0 Å². The quantitative estimate of drug-likeness (QED) is 0.429. The molecule has 0 N–H and O–H groups in total. The lowest BCUT2D eigenvalue weighted by atomic mass is 9.93. The summed E-state index contributed by atoms with van der Waals surface area (Å²) in [5.74, 6) is 2.45. The summed E-state index contributed by atoms with van der Waals surface area (Å²) in [5, 5.41) is 9.03. The van der Waals surface area contributed by atoms with E-state index in [9.17, 15) is 0 Å². The highest BCUT2D eigenvalue weighted by atomic mass is 16.5. The van der Waals surface area contributed by atoms with Crippen molar-refractivity contribution in [2.75, 3.05) is 6.61 Å². The second-order valence-electron chi connectivity index (χ2n) is 11.0. The monoisotopic (exact) mass is 403 g/mol. The van der Waals surface area contributed by atoms with Crippen LogP contribution in [-0.4, -0.2) is 27.2 Å². The molecule has 29 heavy (non-hydrogen) atoms. The van der Waals surface area contributed by atoms with Crippen molar-refractivity contribution in [3.8, 4) is 0 Å². The number of nitrogens with zero attached hydrogens (tertiary/aromatic N) is 3. The average molecular weight is 404 g/mol. The van der Waals surface area contributed by atoms with Gasteiger partial charge in [-0.15, -0.1) is 5.10 Å². The second-order valence-corrected chi connectivity index (χ2v) is 11.0. The van der Waals surface area contributed by atoms with Crippen molar-refractivity contribution in [3.63, 3.8) is 0 Å². The van der Waals surface area contributed by atoms with Gasteiger partial charge in [0.2, 0.25) is 0 Å². The summed E-state index contributed by atoms with van der Waals surface area (Å²) in [4.78, 5) is 0. The van der Waals surface area contributed by atoms with E-state index < -0.39 is 0 Å². The minimum Gasteiger partial charge on any atom is -0.375 e. The SMILES string of the molecule is CCCCCCC(C)(CCC)OC[C@@H]1[C@@H]2CCc3c(nnn3C(C)(C)C)CC[C@@H]21. The van der Waals surface area contributed by atoms with Crippen molar-refractivity contribution in [1.29, 1.82) is 0 Å². The maximum Gasteiger partial charge on any atom is 0.0859 e. The number of unbranched alkanes of at least 4 members (excludes halogenated alkanes) is 3. The zero-order valence-electron chi connectivity index (χ0n) is 20.0. The third-order valence-corrected chi connectivity index (χ3v) is 7.38. The second kappa shape index (κ2) is 9.49. The lowest BCUT2D eigenvalue weighted by Gasteiger charge is -2.30. The van der Waals surface area contributed by atoms with Crippen LogP contribution in [-0.2, 0) is 23.1 Å². The van der Waals surface area contributed by atoms with Crippen LogP contribution in [0.1, 0.15) is 111 Å². The molecule has 0 spiro atoms. The van der Waals surface area contributed by atoms with E-state index in [1.807, 2.05) is 0 Å². The Labute approximate surface area is 179 Å². The number of aryl methyl sites for hydroxylation is 1. The van der Waals surface area contributed by atoms with E-state index >= 15 is 0 Å². The third kappa shape index (κ3) is 5.62. The minimum atomic E-state index is 0.0188. The van der Waals surface area contributed by atoms with Crippen LogP contribution in [0, 0.1) is 17.8 Å². The van der Waals surface area contributed by atoms with E-state index in [0.29, 0.717) is 0 Å². The summed E-state index contributed by atoms with van der Waals surface area (Å²) in [7, 11) is 0. The predicted octanol–water partition coefficient (Wildman–Crippen LogP) is 6.32. The van der Waals surface area contributed by atoms with Crippen LogP contribution in [0.4, 0.5) is 0 Å². The first-order valence-corrected chi connectivity index (χ1v) is 12.4. The highest BCUT2D eigenvalue weighted by Crippen LogP contribution is 2.53.